The maximum atomic E-state index is 12.4. The zero-order chi connectivity index (χ0) is 22.6. The van der Waals surface area contributed by atoms with Crippen LogP contribution in [0.25, 0.3) is 33.3 Å². The SMILES string of the molecule is O=C(CN1CCOCC1)Nc1ccc(-c2cc(-c3ccccc3)c3cc(Br)ccc3n2)cc1. The summed E-state index contributed by atoms with van der Waals surface area (Å²) in [4.78, 5) is 19.4. The number of ether oxygens (including phenoxy) is 1. The Kier molecular flexibility index (Phi) is 6.48. The average Bonchev–Trinajstić information content (AvgIpc) is 2.85. The molecule has 0 unspecified atom stereocenters. The first kappa shape index (κ1) is 21.8. The van der Waals surface area contributed by atoms with Gasteiger partial charge in [-0.05, 0) is 47.5 Å². The molecule has 0 radical (unpaired) electrons. The van der Waals surface area contributed by atoms with Crippen LogP contribution in [0.3, 0.4) is 0 Å². The van der Waals surface area contributed by atoms with Crippen molar-refractivity contribution < 1.29 is 9.53 Å². The maximum Gasteiger partial charge on any atom is 0.238 e. The Labute approximate surface area is 201 Å². The van der Waals surface area contributed by atoms with Gasteiger partial charge < -0.3 is 10.1 Å². The summed E-state index contributed by atoms with van der Waals surface area (Å²) in [5, 5.41) is 4.10. The fraction of sp³-hybridized carbons (Fsp3) is 0.185. The molecule has 1 aliphatic heterocycles. The van der Waals surface area contributed by atoms with Crippen LogP contribution in [0.1, 0.15) is 0 Å². The molecule has 166 valence electrons. The van der Waals surface area contributed by atoms with Gasteiger partial charge in [0.25, 0.3) is 0 Å². The van der Waals surface area contributed by atoms with E-state index in [-0.39, 0.29) is 5.91 Å². The lowest BCUT2D eigenvalue weighted by Gasteiger charge is -2.25. The highest BCUT2D eigenvalue weighted by atomic mass is 79.9. The van der Waals surface area contributed by atoms with Crippen molar-refractivity contribution in [1.82, 2.24) is 9.88 Å². The van der Waals surface area contributed by atoms with Gasteiger partial charge in [0.05, 0.1) is 31.0 Å². The number of carbonyl (C=O) groups excluding carboxylic acids is 1. The van der Waals surface area contributed by atoms with Gasteiger partial charge >= 0.3 is 0 Å². The molecular weight excluding hydrogens is 478 g/mol. The highest BCUT2D eigenvalue weighted by Gasteiger charge is 2.14. The van der Waals surface area contributed by atoms with E-state index in [1.54, 1.807) is 0 Å². The second-order valence-electron chi connectivity index (χ2n) is 8.10. The van der Waals surface area contributed by atoms with Crippen LogP contribution >= 0.6 is 15.9 Å². The highest BCUT2D eigenvalue weighted by molar-refractivity contribution is 9.10. The van der Waals surface area contributed by atoms with Gasteiger partial charge in [0.15, 0.2) is 0 Å². The van der Waals surface area contributed by atoms with Crippen molar-refractivity contribution in [3.63, 3.8) is 0 Å². The minimum Gasteiger partial charge on any atom is -0.379 e. The van der Waals surface area contributed by atoms with Gasteiger partial charge in [0.1, 0.15) is 0 Å². The molecule has 0 saturated carbocycles. The molecule has 0 atom stereocenters. The molecule has 1 N–H and O–H groups in total. The maximum absolute atomic E-state index is 12.4. The van der Waals surface area contributed by atoms with Crippen LogP contribution in [0, 0.1) is 0 Å². The number of benzene rings is 3. The van der Waals surface area contributed by atoms with Crippen LogP contribution in [0.15, 0.2) is 83.3 Å². The van der Waals surface area contributed by atoms with Crippen molar-refractivity contribution in [2.75, 3.05) is 38.2 Å². The lowest BCUT2D eigenvalue weighted by atomic mass is 9.98. The fourth-order valence-electron chi connectivity index (χ4n) is 4.09. The number of amides is 1. The van der Waals surface area contributed by atoms with Crippen LogP contribution in [0.5, 0.6) is 0 Å². The van der Waals surface area contributed by atoms with Crippen LogP contribution in [0.4, 0.5) is 5.69 Å². The Morgan fingerprint density at radius 1 is 0.939 bits per heavy atom. The molecular formula is C27H24BrN3O2. The molecule has 1 aromatic heterocycles. The van der Waals surface area contributed by atoms with E-state index in [9.17, 15) is 4.79 Å². The molecule has 33 heavy (non-hydrogen) atoms. The Balaban J connectivity index is 1.41. The minimum absolute atomic E-state index is 0.00887. The molecule has 2 heterocycles. The second kappa shape index (κ2) is 9.83. The molecule has 0 spiro atoms. The van der Waals surface area contributed by atoms with Gasteiger partial charge in [0, 0.05) is 34.2 Å². The highest BCUT2D eigenvalue weighted by Crippen LogP contribution is 2.33. The van der Waals surface area contributed by atoms with Crippen molar-refractivity contribution in [1.29, 1.82) is 0 Å². The van der Waals surface area contributed by atoms with E-state index in [0.717, 1.165) is 56.5 Å². The summed E-state index contributed by atoms with van der Waals surface area (Å²) in [5.74, 6) is -0.00887. The fourth-order valence-corrected chi connectivity index (χ4v) is 4.45. The molecule has 1 amide bonds. The third kappa shape index (κ3) is 5.14. The topological polar surface area (TPSA) is 54.5 Å². The monoisotopic (exact) mass is 501 g/mol. The Morgan fingerprint density at radius 3 is 2.45 bits per heavy atom. The standard InChI is InChI=1S/C27H24BrN3O2/c28-21-8-11-25-24(16-21)23(19-4-2-1-3-5-19)17-26(30-25)20-6-9-22(10-7-20)29-27(32)18-31-12-14-33-15-13-31/h1-11,16-17H,12-15,18H2,(H,29,32). The zero-order valence-electron chi connectivity index (χ0n) is 18.1. The van der Waals surface area contributed by atoms with Crippen LogP contribution in [-0.2, 0) is 9.53 Å². The Hall–Kier alpha value is -3.06. The molecule has 3 aromatic carbocycles. The molecule has 1 aliphatic rings. The van der Waals surface area contributed by atoms with E-state index in [4.69, 9.17) is 9.72 Å². The van der Waals surface area contributed by atoms with Crippen molar-refractivity contribution in [3.8, 4) is 22.4 Å². The molecule has 0 bridgehead atoms. The first-order chi connectivity index (χ1) is 16.2. The van der Waals surface area contributed by atoms with Gasteiger partial charge in [-0.15, -0.1) is 0 Å². The van der Waals surface area contributed by atoms with Crippen molar-refractivity contribution in [2.24, 2.45) is 0 Å². The first-order valence-corrected chi connectivity index (χ1v) is 11.8. The van der Waals surface area contributed by atoms with Gasteiger partial charge in [-0.2, -0.15) is 0 Å². The summed E-state index contributed by atoms with van der Waals surface area (Å²) < 4.78 is 6.37. The number of pyridine rings is 1. The molecule has 0 aliphatic carbocycles. The molecule has 1 saturated heterocycles. The number of carbonyl (C=O) groups is 1. The predicted molar refractivity (Wildman–Crippen MR) is 136 cm³/mol. The van der Waals surface area contributed by atoms with E-state index >= 15 is 0 Å². The van der Waals surface area contributed by atoms with E-state index in [0.29, 0.717) is 19.8 Å². The molecule has 6 heteroatoms. The van der Waals surface area contributed by atoms with E-state index in [2.05, 4.69) is 50.4 Å². The molecule has 5 rings (SSSR count). The Morgan fingerprint density at radius 2 is 1.70 bits per heavy atom. The summed E-state index contributed by atoms with van der Waals surface area (Å²) >= 11 is 3.59. The summed E-state index contributed by atoms with van der Waals surface area (Å²) in [6.07, 6.45) is 0. The largest absolute Gasteiger partial charge is 0.379 e. The van der Waals surface area contributed by atoms with Crippen molar-refractivity contribution >= 4 is 38.4 Å². The summed E-state index contributed by atoms with van der Waals surface area (Å²) in [5.41, 5.74) is 5.91. The number of fused-ring (bicyclic) bond motifs is 1. The summed E-state index contributed by atoms with van der Waals surface area (Å²) in [6.45, 7) is 3.33. The van der Waals surface area contributed by atoms with Crippen molar-refractivity contribution in [3.05, 3.63) is 83.3 Å². The lowest BCUT2D eigenvalue weighted by molar-refractivity contribution is -0.118. The van der Waals surface area contributed by atoms with Gasteiger partial charge in [0.2, 0.25) is 5.91 Å². The zero-order valence-corrected chi connectivity index (χ0v) is 19.7. The minimum atomic E-state index is -0.00887. The number of anilines is 1. The number of nitrogens with one attached hydrogen (secondary N) is 1. The number of hydrogen-bond donors (Lipinski definition) is 1. The average molecular weight is 502 g/mol. The molecule has 5 nitrogen and oxygen atoms in total. The van der Waals surface area contributed by atoms with Gasteiger partial charge in [-0.25, -0.2) is 4.98 Å². The van der Waals surface area contributed by atoms with E-state index in [1.807, 2.05) is 54.6 Å². The van der Waals surface area contributed by atoms with Crippen molar-refractivity contribution in [2.45, 2.75) is 0 Å². The van der Waals surface area contributed by atoms with Crippen LogP contribution in [0.2, 0.25) is 0 Å². The third-order valence-corrected chi connectivity index (χ3v) is 6.28. The molecule has 1 fully saturated rings. The second-order valence-corrected chi connectivity index (χ2v) is 9.01. The summed E-state index contributed by atoms with van der Waals surface area (Å²) in [6, 6.07) is 26.5. The number of halogens is 1. The smallest absolute Gasteiger partial charge is 0.238 e. The quantitative estimate of drug-likeness (QED) is 0.386. The van der Waals surface area contributed by atoms with E-state index < -0.39 is 0 Å². The normalized spacial score (nSPS) is 14.3. The predicted octanol–water partition coefficient (Wildman–Crippen LogP) is 5.60. The third-order valence-electron chi connectivity index (χ3n) is 5.79. The molecule has 4 aromatic rings. The number of hydrogen-bond acceptors (Lipinski definition) is 4. The number of aromatic nitrogens is 1. The Bertz CT molecular complexity index is 1270. The van der Waals surface area contributed by atoms with E-state index in [1.165, 1.54) is 0 Å². The number of morpholine rings is 1. The number of nitrogens with zero attached hydrogens (tertiary/aromatic N) is 2. The summed E-state index contributed by atoms with van der Waals surface area (Å²) in [7, 11) is 0. The first-order valence-electron chi connectivity index (χ1n) is 11.0. The van der Waals surface area contributed by atoms with Crippen LogP contribution < -0.4 is 5.32 Å². The lowest BCUT2D eigenvalue weighted by Crippen LogP contribution is -2.41. The number of rotatable bonds is 5. The van der Waals surface area contributed by atoms with Gasteiger partial charge in [-0.3, -0.25) is 9.69 Å². The van der Waals surface area contributed by atoms with Gasteiger partial charge in [-0.1, -0.05) is 58.4 Å². The van der Waals surface area contributed by atoms with Crippen LogP contribution in [-0.4, -0.2) is 48.6 Å².